The molecule has 2 N–H and O–H groups in total. The molecule has 2 atom stereocenters. The van der Waals surface area contributed by atoms with E-state index < -0.39 is 26.9 Å². The van der Waals surface area contributed by atoms with Gasteiger partial charge in [0.1, 0.15) is 11.5 Å². The fourth-order valence-electron chi connectivity index (χ4n) is 3.79. The molecule has 9 heteroatoms. The molecule has 3 rings (SSSR count). The van der Waals surface area contributed by atoms with Crippen molar-refractivity contribution in [2.75, 3.05) is 27.3 Å². The van der Waals surface area contributed by atoms with Gasteiger partial charge < -0.3 is 9.47 Å². The van der Waals surface area contributed by atoms with E-state index in [-0.39, 0.29) is 11.4 Å². The maximum absolute atomic E-state index is 13.4. The Labute approximate surface area is 176 Å². The number of piperidine rings is 1. The zero-order valence-electron chi connectivity index (χ0n) is 16.9. The fraction of sp³-hybridized carbons (Fsp3) is 0.381. The van der Waals surface area contributed by atoms with Crippen molar-refractivity contribution < 1.29 is 27.9 Å². The van der Waals surface area contributed by atoms with E-state index in [2.05, 4.69) is 0 Å². The van der Waals surface area contributed by atoms with E-state index in [9.17, 15) is 13.2 Å². The Hall–Kier alpha value is -2.62. The third-order valence-corrected chi connectivity index (χ3v) is 7.62. The van der Waals surface area contributed by atoms with Crippen LogP contribution in [-0.2, 0) is 21.2 Å². The Morgan fingerprint density at radius 1 is 1.13 bits per heavy atom. The van der Waals surface area contributed by atoms with Gasteiger partial charge in [0.05, 0.1) is 30.3 Å². The van der Waals surface area contributed by atoms with Gasteiger partial charge >= 0.3 is 0 Å². The first-order valence-corrected chi connectivity index (χ1v) is 11.1. The largest absolute Gasteiger partial charge is 0.497 e. The normalized spacial score (nSPS) is 19.8. The molecule has 1 amide bonds. The standard InChI is InChI=1S/C21H26N2O6S/c1-28-16-6-8-18(9-7-16)30(26,27)20-14-23(11-10-19(20)21(24)22-25)13-15-4-3-5-17(12-15)29-2/h3-9,12,19-20,25H,10-11,13-14H2,1-2H3,(H,22,24). The highest BCUT2D eigenvalue weighted by Crippen LogP contribution is 2.30. The van der Waals surface area contributed by atoms with Crippen molar-refractivity contribution in [2.24, 2.45) is 5.92 Å². The average Bonchev–Trinajstić information content (AvgIpc) is 2.78. The predicted octanol–water partition coefficient (Wildman–Crippen LogP) is 1.87. The summed E-state index contributed by atoms with van der Waals surface area (Å²) in [6.45, 7) is 1.23. The molecule has 0 spiro atoms. The van der Waals surface area contributed by atoms with Crippen LogP contribution in [0.3, 0.4) is 0 Å². The second-order valence-corrected chi connectivity index (χ2v) is 9.38. The minimum absolute atomic E-state index is 0.118. The Bertz CT molecular complexity index is 977. The highest BCUT2D eigenvalue weighted by Gasteiger charge is 2.42. The Balaban J connectivity index is 1.87. The van der Waals surface area contributed by atoms with Gasteiger partial charge in [-0.2, -0.15) is 0 Å². The molecular weight excluding hydrogens is 408 g/mol. The van der Waals surface area contributed by atoms with Crippen LogP contribution >= 0.6 is 0 Å². The summed E-state index contributed by atoms with van der Waals surface area (Å²) in [7, 11) is -0.728. The van der Waals surface area contributed by atoms with Crippen LogP contribution in [0.15, 0.2) is 53.4 Å². The van der Waals surface area contributed by atoms with Crippen LogP contribution in [0.5, 0.6) is 11.5 Å². The summed E-state index contributed by atoms with van der Waals surface area (Å²) < 4.78 is 37.1. The van der Waals surface area contributed by atoms with Crippen molar-refractivity contribution in [3.63, 3.8) is 0 Å². The quantitative estimate of drug-likeness (QED) is 0.506. The molecule has 8 nitrogen and oxygen atoms in total. The van der Waals surface area contributed by atoms with Crippen LogP contribution < -0.4 is 15.0 Å². The van der Waals surface area contributed by atoms with Crippen molar-refractivity contribution in [1.29, 1.82) is 0 Å². The van der Waals surface area contributed by atoms with Gasteiger partial charge in [-0.05, 0) is 54.9 Å². The minimum Gasteiger partial charge on any atom is -0.497 e. The number of methoxy groups -OCH3 is 2. The lowest BCUT2D eigenvalue weighted by Gasteiger charge is -2.37. The summed E-state index contributed by atoms with van der Waals surface area (Å²) in [5.74, 6) is -0.256. The van der Waals surface area contributed by atoms with E-state index in [0.717, 1.165) is 11.3 Å². The van der Waals surface area contributed by atoms with Gasteiger partial charge in [-0.25, -0.2) is 13.9 Å². The summed E-state index contributed by atoms with van der Waals surface area (Å²) >= 11 is 0. The second-order valence-electron chi connectivity index (χ2n) is 7.22. The number of nitrogens with one attached hydrogen (secondary N) is 1. The van der Waals surface area contributed by atoms with Gasteiger partial charge in [-0.1, -0.05) is 12.1 Å². The zero-order valence-corrected chi connectivity index (χ0v) is 17.8. The summed E-state index contributed by atoms with van der Waals surface area (Å²) in [5.41, 5.74) is 2.61. The fourth-order valence-corrected chi connectivity index (χ4v) is 5.75. The lowest BCUT2D eigenvalue weighted by molar-refractivity contribution is -0.134. The van der Waals surface area contributed by atoms with Crippen molar-refractivity contribution >= 4 is 15.7 Å². The minimum atomic E-state index is -3.82. The molecule has 2 unspecified atom stereocenters. The lowest BCUT2D eigenvalue weighted by Crippen LogP contribution is -2.51. The van der Waals surface area contributed by atoms with E-state index in [1.165, 1.54) is 19.2 Å². The third-order valence-electron chi connectivity index (χ3n) is 5.42. The van der Waals surface area contributed by atoms with Gasteiger partial charge in [-0.3, -0.25) is 14.9 Å². The molecule has 1 heterocycles. The van der Waals surface area contributed by atoms with E-state index >= 15 is 0 Å². The number of sulfone groups is 1. The van der Waals surface area contributed by atoms with Crippen molar-refractivity contribution in [3.8, 4) is 11.5 Å². The number of hydrogen-bond acceptors (Lipinski definition) is 7. The average molecular weight is 435 g/mol. The van der Waals surface area contributed by atoms with E-state index in [1.807, 2.05) is 29.2 Å². The van der Waals surface area contributed by atoms with Crippen LogP contribution in [0.25, 0.3) is 0 Å². The lowest BCUT2D eigenvalue weighted by atomic mass is 9.95. The molecule has 0 bridgehead atoms. The van der Waals surface area contributed by atoms with E-state index in [0.29, 0.717) is 25.3 Å². The number of nitrogens with zero attached hydrogens (tertiary/aromatic N) is 1. The SMILES string of the molecule is COc1ccc(S(=O)(=O)C2CN(Cc3cccc(OC)c3)CCC2C(=O)NO)cc1. The first kappa shape index (κ1) is 22.1. The van der Waals surface area contributed by atoms with Crippen LogP contribution in [-0.4, -0.2) is 57.0 Å². The molecule has 0 saturated carbocycles. The van der Waals surface area contributed by atoms with E-state index in [1.54, 1.807) is 24.7 Å². The second kappa shape index (κ2) is 9.46. The van der Waals surface area contributed by atoms with Gasteiger partial charge in [-0.15, -0.1) is 0 Å². The third kappa shape index (κ3) is 4.75. The van der Waals surface area contributed by atoms with E-state index in [4.69, 9.17) is 14.7 Å². The molecular formula is C21H26N2O6S. The summed E-state index contributed by atoms with van der Waals surface area (Å²) in [6, 6.07) is 13.7. The molecule has 0 aliphatic carbocycles. The van der Waals surface area contributed by atoms with Crippen LogP contribution in [0, 0.1) is 5.92 Å². The highest BCUT2D eigenvalue weighted by atomic mass is 32.2. The van der Waals surface area contributed by atoms with Crippen molar-refractivity contribution in [1.82, 2.24) is 10.4 Å². The molecule has 1 fully saturated rings. The molecule has 1 aliphatic rings. The molecule has 1 aliphatic heterocycles. The molecule has 30 heavy (non-hydrogen) atoms. The molecule has 162 valence electrons. The molecule has 0 aromatic heterocycles. The Morgan fingerprint density at radius 3 is 2.47 bits per heavy atom. The Morgan fingerprint density at radius 2 is 1.83 bits per heavy atom. The molecule has 2 aromatic carbocycles. The smallest absolute Gasteiger partial charge is 0.247 e. The molecule has 0 radical (unpaired) electrons. The van der Waals surface area contributed by atoms with Crippen molar-refractivity contribution in [2.45, 2.75) is 23.1 Å². The number of benzene rings is 2. The van der Waals surface area contributed by atoms with Gasteiger partial charge in [0.15, 0.2) is 9.84 Å². The van der Waals surface area contributed by atoms with Crippen LogP contribution in [0.2, 0.25) is 0 Å². The monoisotopic (exact) mass is 434 g/mol. The number of amides is 1. The summed E-state index contributed by atoms with van der Waals surface area (Å²) in [5, 5.41) is 8.14. The zero-order chi connectivity index (χ0) is 21.7. The number of likely N-dealkylation sites (tertiary alicyclic amines) is 1. The maximum Gasteiger partial charge on any atom is 0.247 e. The highest BCUT2D eigenvalue weighted by molar-refractivity contribution is 7.92. The maximum atomic E-state index is 13.4. The number of carbonyl (C=O) groups is 1. The topological polar surface area (TPSA) is 105 Å². The number of hydrogen-bond donors (Lipinski definition) is 2. The molecule has 1 saturated heterocycles. The van der Waals surface area contributed by atoms with Gasteiger partial charge in [0.2, 0.25) is 5.91 Å². The van der Waals surface area contributed by atoms with Crippen LogP contribution in [0.4, 0.5) is 0 Å². The van der Waals surface area contributed by atoms with Crippen molar-refractivity contribution in [3.05, 3.63) is 54.1 Å². The first-order chi connectivity index (χ1) is 14.4. The molecule has 2 aromatic rings. The summed E-state index contributed by atoms with van der Waals surface area (Å²) in [4.78, 5) is 14.3. The first-order valence-electron chi connectivity index (χ1n) is 9.56. The number of carbonyl (C=O) groups excluding carboxylic acids is 1. The summed E-state index contributed by atoms with van der Waals surface area (Å²) in [6.07, 6.45) is 0.316. The van der Waals surface area contributed by atoms with Gasteiger partial charge in [0, 0.05) is 13.1 Å². The number of ether oxygens (including phenoxy) is 2. The Kier molecular flexibility index (Phi) is 6.96. The van der Waals surface area contributed by atoms with Crippen LogP contribution in [0.1, 0.15) is 12.0 Å². The number of hydroxylamine groups is 1. The number of rotatable bonds is 7. The predicted molar refractivity (Wildman–Crippen MR) is 110 cm³/mol. The van der Waals surface area contributed by atoms with Gasteiger partial charge in [0.25, 0.3) is 0 Å².